The second-order valence-electron chi connectivity index (χ2n) is 15.4. The molecule has 0 amide bonds. The molecule has 0 spiro atoms. The molecule has 3 aliphatic rings. The van der Waals surface area contributed by atoms with E-state index < -0.39 is 5.54 Å². The predicted octanol–water partition coefficient (Wildman–Crippen LogP) is 10.7. The molecule has 0 heterocycles. The molecular formula is C48H42N2. The van der Waals surface area contributed by atoms with Gasteiger partial charge in [-0.05, 0) is 160 Å². The average molecular weight is 647 g/mol. The van der Waals surface area contributed by atoms with Crippen molar-refractivity contribution in [3.8, 4) is 67.5 Å². The molecule has 0 aliphatic heterocycles. The van der Waals surface area contributed by atoms with Gasteiger partial charge in [-0.15, -0.1) is 5.92 Å². The van der Waals surface area contributed by atoms with Gasteiger partial charge in [0, 0.05) is 11.0 Å². The third kappa shape index (κ3) is 4.12. The topological polar surface area (TPSA) is 38.0 Å². The number of aryl methyl sites for hydroxylation is 1. The number of nitrogens with one attached hydrogen (secondary N) is 1. The third-order valence-corrected chi connectivity index (χ3v) is 12.1. The molecule has 2 atom stereocenters. The maximum atomic E-state index is 7.10. The van der Waals surface area contributed by atoms with E-state index in [-0.39, 0.29) is 11.0 Å². The Bertz CT molecular complexity index is 2520. The molecule has 0 saturated heterocycles. The SMILES string of the molecule is CC#Cc1ccc2c(c1)C(C)(N)c1cc(-c3ccc4c(c3)C(C)(C)c3cc(-c5ccc6c(c5)C(C)(NC)c5cc(C)ccc5-6)ccc3-4)ccc1-2. The third-order valence-electron chi connectivity index (χ3n) is 12.1. The Morgan fingerprint density at radius 1 is 0.500 bits per heavy atom. The quantitative estimate of drug-likeness (QED) is 0.188. The summed E-state index contributed by atoms with van der Waals surface area (Å²) < 4.78 is 0. The molecule has 2 heteroatoms. The van der Waals surface area contributed by atoms with E-state index in [0.717, 1.165) is 11.1 Å². The van der Waals surface area contributed by atoms with Crippen molar-refractivity contribution in [1.29, 1.82) is 0 Å². The number of hydrogen-bond donors (Lipinski definition) is 2. The van der Waals surface area contributed by atoms with Crippen LogP contribution in [-0.2, 0) is 16.5 Å². The van der Waals surface area contributed by atoms with Crippen LogP contribution in [0.5, 0.6) is 0 Å². The van der Waals surface area contributed by atoms with E-state index in [1.807, 2.05) is 6.92 Å². The lowest BCUT2D eigenvalue weighted by molar-refractivity contribution is 0.497. The minimum atomic E-state index is -0.585. The Morgan fingerprint density at radius 3 is 1.42 bits per heavy atom. The van der Waals surface area contributed by atoms with Gasteiger partial charge in [0.05, 0.1) is 11.1 Å². The van der Waals surface area contributed by atoms with Crippen LogP contribution in [-0.4, -0.2) is 7.05 Å². The van der Waals surface area contributed by atoms with Crippen molar-refractivity contribution in [2.24, 2.45) is 5.73 Å². The highest BCUT2D eigenvalue weighted by molar-refractivity contribution is 5.89. The van der Waals surface area contributed by atoms with Gasteiger partial charge >= 0.3 is 0 Å². The first-order chi connectivity index (χ1) is 24.0. The standard InChI is InChI=1S/C48H42N2/c1-8-9-29-11-17-36-37-20-14-32(26-43(37)47(5,49)42(36)23-29)30-12-18-34-35-19-13-31(25-41(35)46(3,4)40(34)24-30)33-15-21-39-38-16-10-28(2)22-44(38)48(6,50-7)45(39)27-33/h10-27,50H,49H2,1-7H3. The largest absolute Gasteiger partial charge is 0.318 e. The van der Waals surface area contributed by atoms with Gasteiger partial charge in [0.15, 0.2) is 0 Å². The maximum absolute atomic E-state index is 7.10. The zero-order valence-electron chi connectivity index (χ0n) is 30.0. The Balaban J connectivity index is 1.08. The Labute approximate surface area is 296 Å². The highest BCUT2D eigenvalue weighted by Crippen LogP contribution is 2.53. The molecule has 0 fully saturated rings. The van der Waals surface area contributed by atoms with Crippen molar-refractivity contribution in [3.05, 3.63) is 154 Å². The van der Waals surface area contributed by atoms with Crippen LogP contribution < -0.4 is 11.1 Å². The number of fused-ring (bicyclic) bond motifs is 9. The molecule has 3 N–H and O–H groups in total. The van der Waals surface area contributed by atoms with Gasteiger partial charge in [-0.25, -0.2) is 0 Å². The maximum Gasteiger partial charge on any atom is 0.0671 e. The van der Waals surface area contributed by atoms with E-state index in [9.17, 15) is 0 Å². The van der Waals surface area contributed by atoms with Gasteiger partial charge in [0.1, 0.15) is 0 Å². The summed E-state index contributed by atoms with van der Waals surface area (Å²) in [5, 5.41) is 3.66. The van der Waals surface area contributed by atoms with Crippen LogP contribution in [0.25, 0.3) is 55.6 Å². The first kappa shape index (κ1) is 30.8. The summed E-state index contributed by atoms with van der Waals surface area (Å²) in [6.07, 6.45) is 0. The fourth-order valence-electron chi connectivity index (χ4n) is 9.15. The van der Waals surface area contributed by atoms with Gasteiger partial charge in [-0.3, -0.25) is 0 Å². The Hall–Kier alpha value is -5.20. The minimum Gasteiger partial charge on any atom is -0.318 e. The summed E-state index contributed by atoms with van der Waals surface area (Å²) >= 11 is 0. The van der Waals surface area contributed by atoms with Crippen molar-refractivity contribution >= 4 is 0 Å². The number of nitrogens with two attached hydrogens (primary N) is 1. The predicted molar refractivity (Wildman–Crippen MR) is 209 cm³/mol. The van der Waals surface area contributed by atoms with Gasteiger partial charge in [-0.1, -0.05) is 98.1 Å². The molecule has 50 heavy (non-hydrogen) atoms. The van der Waals surface area contributed by atoms with E-state index in [1.54, 1.807) is 0 Å². The second kappa shape index (κ2) is 10.4. The van der Waals surface area contributed by atoms with Crippen molar-refractivity contribution in [1.82, 2.24) is 5.32 Å². The number of rotatable bonds is 3. The molecule has 0 aromatic heterocycles. The Kier molecular flexibility index (Phi) is 6.42. The molecule has 9 rings (SSSR count). The van der Waals surface area contributed by atoms with Crippen LogP contribution in [0.15, 0.2) is 109 Å². The van der Waals surface area contributed by atoms with Gasteiger partial charge in [0.25, 0.3) is 0 Å². The fourth-order valence-corrected chi connectivity index (χ4v) is 9.15. The highest BCUT2D eigenvalue weighted by atomic mass is 14.9. The van der Waals surface area contributed by atoms with Gasteiger partial charge in [0.2, 0.25) is 0 Å². The fraction of sp³-hybridized carbons (Fsp3) is 0.208. The molecule has 2 unspecified atom stereocenters. The zero-order chi connectivity index (χ0) is 34.7. The van der Waals surface area contributed by atoms with E-state index in [2.05, 4.69) is 168 Å². The van der Waals surface area contributed by atoms with E-state index in [0.29, 0.717) is 0 Å². The molecule has 0 saturated carbocycles. The van der Waals surface area contributed by atoms with E-state index in [4.69, 9.17) is 5.73 Å². The van der Waals surface area contributed by atoms with Crippen LogP contribution in [0.4, 0.5) is 0 Å². The van der Waals surface area contributed by atoms with E-state index in [1.165, 1.54) is 89.0 Å². The van der Waals surface area contributed by atoms with Crippen LogP contribution in [0.3, 0.4) is 0 Å². The average Bonchev–Trinajstić information content (AvgIpc) is 3.60. The van der Waals surface area contributed by atoms with Crippen molar-refractivity contribution in [3.63, 3.8) is 0 Å². The lowest BCUT2D eigenvalue weighted by Gasteiger charge is -2.27. The lowest BCUT2D eigenvalue weighted by atomic mass is 9.80. The molecule has 3 aliphatic carbocycles. The smallest absolute Gasteiger partial charge is 0.0671 e. The van der Waals surface area contributed by atoms with Crippen LogP contribution in [0, 0.1) is 18.8 Å². The van der Waals surface area contributed by atoms with Gasteiger partial charge in [-0.2, -0.15) is 0 Å². The van der Waals surface area contributed by atoms with E-state index >= 15 is 0 Å². The number of benzene rings is 6. The van der Waals surface area contributed by atoms with Crippen LogP contribution in [0.2, 0.25) is 0 Å². The van der Waals surface area contributed by atoms with Gasteiger partial charge < -0.3 is 11.1 Å². The molecule has 0 bridgehead atoms. The lowest BCUT2D eigenvalue weighted by Crippen LogP contribution is -2.36. The first-order valence-corrected chi connectivity index (χ1v) is 17.7. The number of hydrogen-bond acceptors (Lipinski definition) is 2. The zero-order valence-corrected chi connectivity index (χ0v) is 30.0. The normalized spacial score (nSPS) is 19.8. The summed E-state index contributed by atoms with van der Waals surface area (Å²) in [6, 6.07) is 41.2. The first-order valence-electron chi connectivity index (χ1n) is 17.7. The van der Waals surface area contributed by atoms with Crippen molar-refractivity contribution < 1.29 is 0 Å². The van der Waals surface area contributed by atoms with Crippen molar-refractivity contribution in [2.45, 2.75) is 58.0 Å². The Morgan fingerprint density at radius 2 is 0.900 bits per heavy atom. The summed E-state index contributed by atoms with van der Waals surface area (Å²) in [7, 11) is 2.08. The van der Waals surface area contributed by atoms with Crippen molar-refractivity contribution in [2.75, 3.05) is 7.05 Å². The minimum absolute atomic E-state index is 0.146. The summed E-state index contributed by atoms with van der Waals surface area (Å²) in [5.41, 5.74) is 28.8. The molecular weight excluding hydrogens is 605 g/mol. The molecule has 0 radical (unpaired) electrons. The molecule has 6 aromatic rings. The summed E-state index contributed by atoms with van der Waals surface area (Å²) in [6.45, 7) is 13.2. The molecule has 2 nitrogen and oxygen atoms in total. The van der Waals surface area contributed by atoms with Crippen LogP contribution in [0.1, 0.15) is 79.1 Å². The monoisotopic (exact) mass is 646 g/mol. The summed E-state index contributed by atoms with van der Waals surface area (Å²) in [5.74, 6) is 6.23. The second-order valence-corrected chi connectivity index (χ2v) is 15.4. The summed E-state index contributed by atoms with van der Waals surface area (Å²) in [4.78, 5) is 0. The van der Waals surface area contributed by atoms with Crippen LogP contribution >= 0.6 is 0 Å². The highest BCUT2D eigenvalue weighted by Gasteiger charge is 2.40. The molecule has 244 valence electrons. The molecule has 6 aromatic carbocycles.